The molecule has 0 saturated carbocycles. The minimum atomic E-state index is -4.34. The van der Waals surface area contributed by atoms with Crippen molar-refractivity contribution < 1.29 is 22.8 Å². The van der Waals surface area contributed by atoms with Crippen LogP contribution in [0.1, 0.15) is 31.2 Å². The molecule has 1 heterocycles. The summed E-state index contributed by atoms with van der Waals surface area (Å²) in [6.45, 7) is 0.952. The van der Waals surface area contributed by atoms with Gasteiger partial charge in [-0.25, -0.2) is 0 Å². The lowest BCUT2D eigenvalue weighted by Crippen LogP contribution is -2.37. The molecule has 1 unspecified atom stereocenters. The van der Waals surface area contributed by atoms with Gasteiger partial charge in [-0.15, -0.1) is 0 Å². The van der Waals surface area contributed by atoms with Crippen LogP contribution in [0.3, 0.4) is 0 Å². The molecule has 7 heteroatoms. The molecule has 0 spiro atoms. The molecule has 1 aromatic rings. The molecule has 1 N–H and O–H groups in total. The Morgan fingerprint density at radius 2 is 1.96 bits per heavy atom. The number of nitrogens with one attached hydrogen (secondary N) is 1. The lowest BCUT2D eigenvalue weighted by molar-refractivity contribution is -0.144. The molecular weight excluding hydrogens is 321 g/mol. The summed E-state index contributed by atoms with van der Waals surface area (Å²) < 4.78 is 36.3. The van der Waals surface area contributed by atoms with E-state index in [-0.39, 0.29) is 12.3 Å². The zero-order valence-electron chi connectivity index (χ0n) is 13.3. The van der Waals surface area contributed by atoms with Crippen molar-refractivity contribution >= 4 is 11.8 Å². The van der Waals surface area contributed by atoms with Crippen molar-refractivity contribution in [1.29, 1.82) is 0 Å². The Balaban J connectivity index is 1.70. The second-order valence-corrected chi connectivity index (χ2v) is 6.01. The van der Waals surface area contributed by atoms with Crippen molar-refractivity contribution in [2.24, 2.45) is 0 Å². The number of amides is 2. The van der Waals surface area contributed by atoms with Crippen molar-refractivity contribution in [3.8, 4) is 0 Å². The van der Waals surface area contributed by atoms with Crippen LogP contribution in [0.4, 0.5) is 13.2 Å². The van der Waals surface area contributed by atoms with Crippen LogP contribution in [0.15, 0.2) is 30.3 Å². The van der Waals surface area contributed by atoms with Crippen molar-refractivity contribution in [2.45, 2.75) is 44.3 Å². The van der Waals surface area contributed by atoms with Crippen LogP contribution in [-0.4, -0.2) is 42.0 Å². The minimum absolute atomic E-state index is 0.0656. The van der Waals surface area contributed by atoms with Crippen molar-refractivity contribution in [3.05, 3.63) is 35.9 Å². The number of benzene rings is 1. The van der Waals surface area contributed by atoms with Crippen LogP contribution in [0.2, 0.25) is 0 Å². The maximum atomic E-state index is 12.1. The molecular formula is C17H21F3N2O2. The predicted octanol–water partition coefficient (Wildman–Crippen LogP) is 2.68. The quantitative estimate of drug-likeness (QED) is 0.828. The molecule has 24 heavy (non-hydrogen) atoms. The predicted molar refractivity (Wildman–Crippen MR) is 83.2 cm³/mol. The topological polar surface area (TPSA) is 49.4 Å². The maximum absolute atomic E-state index is 12.1. The first kappa shape index (κ1) is 18.3. The molecule has 0 bridgehead atoms. The van der Waals surface area contributed by atoms with Gasteiger partial charge in [0.2, 0.25) is 11.8 Å². The first-order chi connectivity index (χ1) is 11.3. The lowest BCUT2D eigenvalue weighted by Gasteiger charge is -2.17. The smallest absolute Gasteiger partial charge is 0.351 e. The van der Waals surface area contributed by atoms with Gasteiger partial charge < -0.3 is 10.2 Å². The average molecular weight is 342 g/mol. The Hall–Kier alpha value is -2.05. The molecule has 0 aliphatic carbocycles. The highest BCUT2D eigenvalue weighted by Crippen LogP contribution is 2.21. The summed E-state index contributed by atoms with van der Waals surface area (Å²) in [6.07, 6.45) is -4.25. The molecule has 1 aliphatic rings. The van der Waals surface area contributed by atoms with Crippen molar-refractivity contribution in [1.82, 2.24) is 10.2 Å². The zero-order chi connectivity index (χ0) is 17.6. The molecule has 0 aromatic heterocycles. The van der Waals surface area contributed by atoms with Crippen LogP contribution in [0.25, 0.3) is 0 Å². The van der Waals surface area contributed by atoms with E-state index in [1.807, 2.05) is 30.3 Å². The molecule has 2 rings (SSSR count). The maximum Gasteiger partial charge on any atom is 0.389 e. The summed E-state index contributed by atoms with van der Waals surface area (Å²) >= 11 is 0. The second kappa shape index (κ2) is 8.17. The fourth-order valence-corrected chi connectivity index (χ4v) is 2.76. The number of halogens is 3. The van der Waals surface area contributed by atoms with E-state index in [1.165, 1.54) is 5.56 Å². The number of rotatable bonds is 7. The first-order valence-electron chi connectivity index (χ1n) is 8.01. The van der Waals surface area contributed by atoms with E-state index in [0.717, 1.165) is 12.8 Å². The normalized spacial score (nSPS) is 18.0. The molecule has 2 amide bonds. The molecule has 1 saturated heterocycles. The fourth-order valence-electron chi connectivity index (χ4n) is 2.76. The van der Waals surface area contributed by atoms with E-state index in [9.17, 15) is 22.8 Å². The number of likely N-dealkylation sites (tertiary alicyclic amines) is 1. The van der Waals surface area contributed by atoms with Gasteiger partial charge in [0.05, 0.1) is 12.5 Å². The van der Waals surface area contributed by atoms with Gasteiger partial charge >= 0.3 is 6.18 Å². The number of aryl methyl sites for hydroxylation is 1. The number of hydrogen-bond acceptors (Lipinski definition) is 2. The number of carbonyl (C=O) groups is 2. The van der Waals surface area contributed by atoms with E-state index in [1.54, 1.807) is 4.90 Å². The van der Waals surface area contributed by atoms with E-state index < -0.39 is 31.0 Å². The van der Waals surface area contributed by atoms with Gasteiger partial charge in [-0.1, -0.05) is 30.3 Å². The highest BCUT2D eigenvalue weighted by atomic mass is 19.4. The van der Waals surface area contributed by atoms with E-state index in [2.05, 4.69) is 5.32 Å². The fraction of sp³-hybridized carbons (Fsp3) is 0.529. The largest absolute Gasteiger partial charge is 0.389 e. The van der Waals surface area contributed by atoms with Crippen LogP contribution < -0.4 is 5.32 Å². The zero-order valence-corrected chi connectivity index (χ0v) is 13.3. The Labute approximate surface area is 139 Å². The Morgan fingerprint density at radius 3 is 2.62 bits per heavy atom. The van der Waals surface area contributed by atoms with Gasteiger partial charge in [-0.05, 0) is 18.4 Å². The van der Waals surface area contributed by atoms with E-state index in [4.69, 9.17) is 0 Å². The van der Waals surface area contributed by atoms with Crippen LogP contribution in [0, 0.1) is 0 Å². The molecule has 1 fully saturated rings. The monoisotopic (exact) mass is 342 g/mol. The SMILES string of the molecule is O=C(CCC(F)(F)F)NC1CC(=O)N(CCCc2ccccc2)C1. The third kappa shape index (κ3) is 6.22. The molecule has 1 aromatic carbocycles. The summed E-state index contributed by atoms with van der Waals surface area (Å²) in [5.74, 6) is -0.722. The highest BCUT2D eigenvalue weighted by molar-refractivity contribution is 5.82. The summed E-state index contributed by atoms with van der Waals surface area (Å²) in [7, 11) is 0. The van der Waals surface area contributed by atoms with E-state index in [0.29, 0.717) is 13.1 Å². The molecule has 1 atom stereocenters. The van der Waals surface area contributed by atoms with Crippen molar-refractivity contribution in [3.63, 3.8) is 0 Å². The van der Waals surface area contributed by atoms with Gasteiger partial charge in [0.1, 0.15) is 0 Å². The minimum Gasteiger partial charge on any atom is -0.351 e. The van der Waals surface area contributed by atoms with Crippen LogP contribution in [-0.2, 0) is 16.0 Å². The number of alkyl halides is 3. The van der Waals surface area contributed by atoms with Crippen LogP contribution >= 0.6 is 0 Å². The average Bonchev–Trinajstić information content (AvgIpc) is 2.85. The summed E-state index contributed by atoms with van der Waals surface area (Å²) in [4.78, 5) is 25.1. The Kier molecular flexibility index (Phi) is 6.23. The summed E-state index contributed by atoms with van der Waals surface area (Å²) in [5, 5.41) is 2.52. The Bertz CT molecular complexity index is 561. The summed E-state index contributed by atoms with van der Waals surface area (Å²) in [5.41, 5.74) is 1.20. The van der Waals surface area contributed by atoms with Gasteiger partial charge in [-0.3, -0.25) is 9.59 Å². The molecule has 4 nitrogen and oxygen atoms in total. The third-order valence-electron chi connectivity index (χ3n) is 3.95. The standard InChI is InChI=1S/C17H21F3N2O2/c18-17(19,20)9-8-15(23)21-14-11-16(24)22(12-14)10-4-7-13-5-2-1-3-6-13/h1-3,5-6,14H,4,7-12H2,(H,21,23). The van der Waals surface area contributed by atoms with Gasteiger partial charge in [-0.2, -0.15) is 13.2 Å². The number of carbonyl (C=O) groups excluding carboxylic acids is 2. The third-order valence-corrected chi connectivity index (χ3v) is 3.95. The number of hydrogen-bond donors (Lipinski definition) is 1. The molecule has 1 aliphatic heterocycles. The summed E-state index contributed by atoms with van der Waals surface area (Å²) in [6, 6.07) is 9.52. The second-order valence-electron chi connectivity index (χ2n) is 6.01. The molecule has 0 radical (unpaired) electrons. The van der Waals surface area contributed by atoms with Crippen molar-refractivity contribution in [2.75, 3.05) is 13.1 Å². The van der Waals surface area contributed by atoms with Gasteiger partial charge in [0, 0.05) is 25.9 Å². The number of nitrogens with zero attached hydrogens (tertiary/aromatic N) is 1. The highest BCUT2D eigenvalue weighted by Gasteiger charge is 2.32. The Morgan fingerprint density at radius 1 is 1.25 bits per heavy atom. The van der Waals surface area contributed by atoms with Gasteiger partial charge in [0.25, 0.3) is 0 Å². The molecule has 132 valence electrons. The first-order valence-corrected chi connectivity index (χ1v) is 8.01. The van der Waals surface area contributed by atoms with Gasteiger partial charge in [0.15, 0.2) is 0 Å². The lowest BCUT2D eigenvalue weighted by atomic mass is 10.1. The van der Waals surface area contributed by atoms with E-state index >= 15 is 0 Å². The van der Waals surface area contributed by atoms with Crippen LogP contribution in [0.5, 0.6) is 0 Å².